The van der Waals surface area contributed by atoms with Crippen LogP contribution in [0.15, 0.2) is 35.4 Å². The summed E-state index contributed by atoms with van der Waals surface area (Å²) in [6, 6.07) is 6.44. The van der Waals surface area contributed by atoms with E-state index in [2.05, 4.69) is 31.2 Å². The third-order valence-electron chi connectivity index (χ3n) is 6.03. The van der Waals surface area contributed by atoms with E-state index >= 15 is 0 Å². The van der Waals surface area contributed by atoms with Crippen molar-refractivity contribution in [1.29, 1.82) is 0 Å². The van der Waals surface area contributed by atoms with Crippen LogP contribution in [0.3, 0.4) is 0 Å². The van der Waals surface area contributed by atoms with Crippen molar-refractivity contribution in [3.8, 4) is 5.75 Å². The minimum absolute atomic E-state index is 0.141. The van der Waals surface area contributed by atoms with Crippen LogP contribution in [-0.2, 0) is 6.42 Å². The number of fused-ring (bicyclic) bond motifs is 4. The molecule has 3 aliphatic carbocycles. The third-order valence-corrected chi connectivity index (χ3v) is 6.03. The first kappa shape index (κ1) is 14.1. The number of aliphatic hydroxyl groups is 1. The molecule has 1 N–H and O–H groups in total. The van der Waals surface area contributed by atoms with Crippen LogP contribution in [0, 0.1) is 5.41 Å². The van der Waals surface area contributed by atoms with Crippen molar-refractivity contribution in [3.63, 3.8) is 0 Å². The Morgan fingerprint density at radius 1 is 1.27 bits per heavy atom. The normalized spacial score (nSPS) is 30.1. The van der Waals surface area contributed by atoms with Gasteiger partial charge in [0, 0.05) is 11.0 Å². The second kappa shape index (κ2) is 4.99. The van der Waals surface area contributed by atoms with Crippen LogP contribution in [0.4, 0.5) is 0 Å². The fourth-order valence-corrected chi connectivity index (χ4v) is 4.78. The fraction of sp³-hybridized carbons (Fsp3) is 0.500. The van der Waals surface area contributed by atoms with Crippen molar-refractivity contribution >= 4 is 5.57 Å². The van der Waals surface area contributed by atoms with E-state index in [0.29, 0.717) is 0 Å². The first-order chi connectivity index (χ1) is 10.6. The molecule has 0 bridgehead atoms. The Balaban J connectivity index is 1.82. The molecule has 0 aromatic heterocycles. The fourth-order valence-electron chi connectivity index (χ4n) is 4.78. The van der Waals surface area contributed by atoms with Gasteiger partial charge in [-0.1, -0.05) is 36.3 Å². The van der Waals surface area contributed by atoms with Crippen LogP contribution in [0.5, 0.6) is 5.75 Å². The predicted molar refractivity (Wildman–Crippen MR) is 88.9 cm³/mol. The number of methoxy groups -OCH3 is 1. The van der Waals surface area contributed by atoms with Crippen LogP contribution in [0.1, 0.15) is 50.2 Å². The second-order valence-electron chi connectivity index (χ2n) is 7.11. The van der Waals surface area contributed by atoms with Gasteiger partial charge in [-0.15, -0.1) is 0 Å². The first-order valence-electron chi connectivity index (χ1n) is 8.40. The molecule has 0 unspecified atom stereocenters. The number of hydrogen-bond donors (Lipinski definition) is 1. The highest BCUT2D eigenvalue weighted by Gasteiger charge is 2.42. The summed E-state index contributed by atoms with van der Waals surface area (Å²) in [5, 5.41) is 10.0. The maximum Gasteiger partial charge on any atom is 0.122 e. The highest BCUT2D eigenvalue weighted by Crippen LogP contribution is 2.55. The van der Waals surface area contributed by atoms with Gasteiger partial charge in [0.2, 0.25) is 0 Å². The van der Waals surface area contributed by atoms with Crippen molar-refractivity contribution in [1.82, 2.24) is 0 Å². The van der Waals surface area contributed by atoms with E-state index in [0.717, 1.165) is 44.3 Å². The molecular formula is C20H24O2. The van der Waals surface area contributed by atoms with E-state index < -0.39 is 0 Å². The lowest BCUT2D eigenvalue weighted by atomic mass is 9.59. The maximum atomic E-state index is 10.0. The van der Waals surface area contributed by atoms with Gasteiger partial charge in [-0.05, 0) is 55.7 Å². The van der Waals surface area contributed by atoms with Crippen molar-refractivity contribution in [2.45, 2.75) is 51.6 Å². The van der Waals surface area contributed by atoms with Gasteiger partial charge in [-0.3, -0.25) is 0 Å². The number of hydrogen-bond acceptors (Lipinski definition) is 2. The molecule has 2 heteroatoms. The standard InChI is InChI=1S/C20H24O2/c1-20-11-10-14(21)12-13(20)6-7-16-15-4-3-5-19(22-2)17(15)8-9-18(16)20/h3-6,14,21H,7-12H2,1-2H3/t14-,20+/m1/s1. The highest BCUT2D eigenvalue weighted by atomic mass is 16.5. The lowest BCUT2D eigenvalue weighted by Gasteiger charge is -2.46. The van der Waals surface area contributed by atoms with Crippen molar-refractivity contribution < 1.29 is 9.84 Å². The average molecular weight is 296 g/mol. The zero-order valence-electron chi connectivity index (χ0n) is 13.5. The van der Waals surface area contributed by atoms with E-state index in [1.165, 1.54) is 22.3 Å². The van der Waals surface area contributed by atoms with Crippen LogP contribution in [0.25, 0.3) is 5.57 Å². The minimum Gasteiger partial charge on any atom is -0.496 e. The molecule has 0 amide bonds. The number of ether oxygens (including phenoxy) is 1. The second-order valence-corrected chi connectivity index (χ2v) is 7.11. The first-order valence-corrected chi connectivity index (χ1v) is 8.40. The van der Waals surface area contributed by atoms with E-state index in [4.69, 9.17) is 4.74 Å². The molecule has 0 aliphatic heterocycles. The molecule has 3 aliphatic rings. The van der Waals surface area contributed by atoms with Crippen molar-refractivity contribution in [2.75, 3.05) is 7.11 Å². The topological polar surface area (TPSA) is 29.5 Å². The highest BCUT2D eigenvalue weighted by molar-refractivity contribution is 5.78. The number of benzene rings is 1. The van der Waals surface area contributed by atoms with Gasteiger partial charge in [0.15, 0.2) is 0 Å². The van der Waals surface area contributed by atoms with Gasteiger partial charge >= 0.3 is 0 Å². The molecule has 2 atom stereocenters. The summed E-state index contributed by atoms with van der Waals surface area (Å²) < 4.78 is 5.57. The van der Waals surface area contributed by atoms with E-state index in [1.807, 2.05) is 0 Å². The van der Waals surface area contributed by atoms with Gasteiger partial charge in [0.1, 0.15) is 5.75 Å². The summed E-state index contributed by atoms with van der Waals surface area (Å²) in [6.07, 6.45) is 8.32. The molecular weight excluding hydrogens is 272 g/mol. The largest absolute Gasteiger partial charge is 0.496 e. The van der Waals surface area contributed by atoms with E-state index in [-0.39, 0.29) is 11.5 Å². The molecule has 116 valence electrons. The average Bonchev–Trinajstić information content (AvgIpc) is 2.54. The molecule has 4 rings (SSSR count). The van der Waals surface area contributed by atoms with Crippen LogP contribution in [-0.4, -0.2) is 18.3 Å². The SMILES string of the molecule is COc1cccc2c1CCC1=C2CC=C2C[C@H](O)CC[C@@]21C. The number of allylic oxidation sites excluding steroid dienone is 3. The molecule has 0 heterocycles. The lowest BCUT2D eigenvalue weighted by Crippen LogP contribution is -2.35. The van der Waals surface area contributed by atoms with Crippen LogP contribution >= 0.6 is 0 Å². The zero-order chi connectivity index (χ0) is 15.3. The van der Waals surface area contributed by atoms with E-state index in [9.17, 15) is 5.11 Å². The maximum absolute atomic E-state index is 10.0. The minimum atomic E-state index is -0.141. The number of aliphatic hydroxyl groups excluding tert-OH is 1. The molecule has 0 spiro atoms. The van der Waals surface area contributed by atoms with Gasteiger partial charge in [0.05, 0.1) is 13.2 Å². The predicted octanol–water partition coefficient (Wildman–Crippen LogP) is 4.28. The molecule has 1 aromatic carbocycles. The van der Waals surface area contributed by atoms with Gasteiger partial charge < -0.3 is 9.84 Å². The van der Waals surface area contributed by atoms with Crippen molar-refractivity contribution in [2.24, 2.45) is 5.41 Å². The van der Waals surface area contributed by atoms with Crippen molar-refractivity contribution in [3.05, 3.63) is 46.5 Å². The molecule has 1 saturated carbocycles. The molecule has 22 heavy (non-hydrogen) atoms. The molecule has 1 aromatic rings. The Hall–Kier alpha value is -1.54. The Labute approximate surface area is 132 Å². The summed E-state index contributed by atoms with van der Waals surface area (Å²) >= 11 is 0. The van der Waals surface area contributed by atoms with Crippen LogP contribution in [0.2, 0.25) is 0 Å². The Bertz CT molecular complexity index is 683. The lowest BCUT2D eigenvalue weighted by molar-refractivity contribution is 0.120. The zero-order valence-corrected chi connectivity index (χ0v) is 13.5. The third kappa shape index (κ3) is 1.90. The molecule has 1 fully saturated rings. The van der Waals surface area contributed by atoms with Gasteiger partial charge in [0.25, 0.3) is 0 Å². The summed E-state index contributed by atoms with van der Waals surface area (Å²) in [6.45, 7) is 2.39. The van der Waals surface area contributed by atoms with Gasteiger partial charge in [-0.25, -0.2) is 0 Å². The summed E-state index contributed by atoms with van der Waals surface area (Å²) in [7, 11) is 1.77. The Kier molecular flexibility index (Phi) is 3.19. The monoisotopic (exact) mass is 296 g/mol. The van der Waals surface area contributed by atoms with E-state index in [1.54, 1.807) is 12.7 Å². The quantitative estimate of drug-likeness (QED) is 0.784. The summed E-state index contributed by atoms with van der Waals surface area (Å²) in [5.74, 6) is 1.03. The number of rotatable bonds is 1. The van der Waals surface area contributed by atoms with Gasteiger partial charge in [-0.2, -0.15) is 0 Å². The summed E-state index contributed by atoms with van der Waals surface area (Å²) in [5.41, 5.74) is 7.55. The smallest absolute Gasteiger partial charge is 0.122 e. The Morgan fingerprint density at radius 2 is 2.14 bits per heavy atom. The molecule has 2 nitrogen and oxygen atoms in total. The molecule has 0 saturated heterocycles. The van der Waals surface area contributed by atoms with Crippen LogP contribution < -0.4 is 4.74 Å². The Morgan fingerprint density at radius 3 is 2.95 bits per heavy atom. The summed E-state index contributed by atoms with van der Waals surface area (Å²) in [4.78, 5) is 0. The molecule has 0 radical (unpaired) electrons.